The van der Waals surface area contributed by atoms with Crippen molar-refractivity contribution in [2.75, 3.05) is 0 Å². The van der Waals surface area contributed by atoms with E-state index >= 15 is 0 Å². The average Bonchev–Trinajstić information content (AvgIpc) is 2.58. The predicted octanol–water partition coefficient (Wildman–Crippen LogP) is 0.940. The molecule has 1 heterocycles. The molecule has 1 amide bonds. The molecule has 17 heavy (non-hydrogen) atoms. The number of amides is 1. The number of hydrogen-bond acceptors (Lipinski definition) is 4. The molecule has 1 fully saturated rings. The first-order chi connectivity index (χ1) is 8.08. The second-order valence-electron chi connectivity index (χ2n) is 3.28. The van der Waals surface area contributed by atoms with Gasteiger partial charge in [0.15, 0.2) is 5.11 Å². The van der Waals surface area contributed by atoms with Crippen molar-refractivity contribution in [2.24, 2.45) is 0 Å². The van der Waals surface area contributed by atoms with Gasteiger partial charge in [-0.2, -0.15) is 0 Å². The van der Waals surface area contributed by atoms with E-state index in [0.717, 1.165) is 0 Å². The minimum Gasteiger partial charge on any atom is -0.328 e. The smallest absolute Gasteiger partial charge is 0.276 e. The van der Waals surface area contributed by atoms with Crippen molar-refractivity contribution in [1.82, 2.24) is 10.6 Å². The van der Waals surface area contributed by atoms with Crippen molar-refractivity contribution in [1.29, 1.82) is 0 Å². The average molecular weight is 249 g/mol. The lowest BCUT2D eigenvalue weighted by molar-refractivity contribution is -0.385. The van der Waals surface area contributed by atoms with Gasteiger partial charge < -0.3 is 5.32 Å². The lowest BCUT2D eigenvalue weighted by Crippen LogP contribution is -2.21. The highest BCUT2D eigenvalue weighted by Gasteiger charge is 2.21. The summed E-state index contributed by atoms with van der Waals surface area (Å²) in [5, 5.41) is 16.0. The van der Waals surface area contributed by atoms with Crippen molar-refractivity contribution in [2.45, 2.75) is 0 Å². The van der Waals surface area contributed by atoms with Gasteiger partial charge in [-0.05, 0) is 24.4 Å². The Hall–Kier alpha value is -2.28. The third-order valence-electron chi connectivity index (χ3n) is 2.15. The number of rotatable bonds is 2. The predicted molar refractivity (Wildman–Crippen MR) is 64.9 cm³/mol. The van der Waals surface area contributed by atoms with E-state index in [-0.39, 0.29) is 16.5 Å². The van der Waals surface area contributed by atoms with Crippen LogP contribution in [0.2, 0.25) is 0 Å². The van der Waals surface area contributed by atoms with E-state index in [9.17, 15) is 14.9 Å². The van der Waals surface area contributed by atoms with E-state index in [1.54, 1.807) is 18.2 Å². The lowest BCUT2D eigenvalue weighted by atomic mass is 10.1. The second kappa shape index (κ2) is 4.30. The number of carbonyl (C=O) groups is 1. The molecule has 1 aromatic rings. The van der Waals surface area contributed by atoms with Crippen LogP contribution in [0, 0.1) is 10.1 Å². The van der Waals surface area contributed by atoms with Gasteiger partial charge in [-0.1, -0.05) is 12.1 Å². The SMILES string of the molecule is O=C1NC(=S)NC1=Cc1ccccc1[N+](=O)[O-]. The standard InChI is InChI=1S/C10H7N3O3S/c14-9-7(11-10(17)12-9)5-6-3-1-2-4-8(6)13(15)16/h1-5H,(H2,11,12,14,17). The fourth-order valence-corrected chi connectivity index (χ4v) is 1.62. The van der Waals surface area contributed by atoms with Gasteiger partial charge >= 0.3 is 0 Å². The van der Waals surface area contributed by atoms with Gasteiger partial charge in [0.2, 0.25) is 0 Å². The Labute approximate surface area is 101 Å². The maximum absolute atomic E-state index is 11.4. The lowest BCUT2D eigenvalue weighted by Gasteiger charge is -1.98. The fraction of sp³-hybridized carbons (Fsp3) is 0. The van der Waals surface area contributed by atoms with Crippen molar-refractivity contribution in [3.05, 3.63) is 45.6 Å². The number of nitro groups is 1. The van der Waals surface area contributed by atoms with Crippen molar-refractivity contribution < 1.29 is 9.72 Å². The van der Waals surface area contributed by atoms with Gasteiger partial charge in [-0.15, -0.1) is 0 Å². The Morgan fingerprint density at radius 2 is 2.00 bits per heavy atom. The molecular formula is C10H7N3O3S. The van der Waals surface area contributed by atoms with Crippen molar-refractivity contribution >= 4 is 35.0 Å². The summed E-state index contributed by atoms with van der Waals surface area (Å²) in [5.41, 5.74) is 0.483. The topological polar surface area (TPSA) is 84.3 Å². The Kier molecular flexibility index (Phi) is 2.84. The molecule has 0 aliphatic carbocycles. The van der Waals surface area contributed by atoms with Crippen LogP contribution in [0.3, 0.4) is 0 Å². The molecule has 86 valence electrons. The van der Waals surface area contributed by atoms with Crippen LogP contribution in [0.4, 0.5) is 5.69 Å². The molecule has 0 atom stereocenters. The number of nitrogens with one attached hydrogen (secondary N) is 2. The molecule has 0 saturated carbocycles. The largest absolute Gasteiger partial charge is 0.328 e. The van der Waals surface area contributed by atoms with Crippen LogP contribution >= 0.6 is 12.2 Å². The molecule has 0 radical (unpaired) electrons. The minimum atomic E-state index is -0.502. The highest BCUT2D eigenvalue weighted by atomic mass is 32.1. The van der Waals surface area contributed by atoms with E-state index in [4.69, 9.17) is 12.2 Å². The zero-order chi connectivity index (χ0) is 12.4. The zero-order valence-electron chi connectivity index (χ0n) is 8.47. The van der Waals surface area contributed by atoms with Crippen molar-refractivity contribution in [3.8, 4) is 0 Å². The Morgan fingerprint density at radius 3 is 2.59 bits per heavy atom. The first-order valence-corrected chi connectivity index (χ1v) is 5.06. The quantitative estimate of drug-likeness (QED) is 0.352. The molecule has 7 heteroatoms. The highest BCUT2D eigenvalue weighted by molar-refractivity contribution is 7.80. The summed E-state index contributed by atoms with van der Waals surface area (Å²) in [6.45, 7) is 0. The third kappa shape index (κ3) is 2.28. The number of carbonyl (C=O) groups excluding carboxylic acids is 1. The first kappa shape index (κ1) is 11.2. The number of nitrogens with zero attached hydrogens (tertiary/aromatic N) is 1. The summed E-state index contributed by atoms with van der Waals surface area (Å²) in [6.07, 6.45) is 1.40. The van der Waals surface area contributed by atoms with E-state index in [2.05, 4.69) is 10.6 Å². The monoisotopic (exact) mass is 249 g/mol. The van der Waals surface area contributed by atoms with Crippen molar-refractivity contribution in [3.63, 3.8) is 0 Å². The minimum absolute atomic E-state index is 0.0626. The van der Waals surface area contributed by atoms with Crippen LogP contribution in [-0.4, -0.2) is 15.9 Å². The van der Waals surface area contributed by atoms with Gasteiger partial charge in [0.1, 0.15) is 5.70 Å². The molecule has 2 N–H and O–H groups in total. The van der Waals surface area contributed by atoms with Gasteiger partial charge in [0.25, 0.3) is 11.6 Å². The number of para-hydroxylation sites is 1. The van der Waals surface area contributed by atoms with Crippen LogP contribution in [0.25, 0.3) is 6.08 Å². The molecule has 1 aliphatic rings. The highest BCUT2D eigenvalue weighted by Crippen LogP contribution is 2.20. The van der Waals surface area contributed by atoms with Crippen LogP contribution in [0.5, 0.6) is 0 Å². The summed E-state index contributed by atoms with van der Waals surface area (Å²) in [5.74, 6) is -0.395. The molecule has 0 unspecified atom stereocenters. The van der Waals surface area contributed by atoms with E-state index in [1.165, 1.54) is 12.1 Å². The van der Waals surface area contributed by atoms with Crippen LogP contribution in [0.15, 0.2) is 30.0 Å². The number of hydrogen-bond donors (Lipinski definition) is 2. The zero-order valence-corrected chi connectivity index (χ0v) is 9.28. The molecule has 0 aromatic heterocycles. The summed E-state index contributed by atoms with van der Waals surface area (Å²) < 4.78 is 0. The second-order valence-corrected chi connectivity index (χ2v) is 3.69. The van der Waals surface area contributed by atoms with Gasteiger partial charge in [-0.3, -0.25) is 20.2 Å². The van der Waals surface area contributed by atoms with E-state index < -0.39 is 10.8 Å². The fourth-order valence-electron chi connectivity index (χ4n) is 1.41. The van der Waals surface area contributed by atoms with Crippen LogP contribution < -0.4 is 10.6 Å². The molecular weight excluding hydrogens is 242 g/mol. The number of nitro benzene ring substituents is 1. The molecule has 2 rings (SSSR count). The molecule has 0 bridgehead atoms. The van der Waals surface area contributed by atoms with E-state index in [1.807, 2.05) is 0 Å². The summed E-state index contributed by atoms with van der Waals surface area (Å²) in [6, 6.07) is 6.15. The molecule has 1 aliphatic heterocycles. The van der Waals surface area contributed by atoms with Crippen LogP contribution in [0.1, 0.15) is 5.56 Å². The Balaban J connectivity index is 2.42. The summed E-state index contributed by atoms with van der Waals surface area (Å²) >= 11 is 4.76. The van der Waals surface area contributed by atoms with E-state index in [0.29, 0.717) is 5.56 Å². The molecule has 0 spiro atoms. The van der Waals surface area contributed by atoms with Gasteiger partial charge in [0.05, 0.1) is 10.5 Å². The molecule has 1 saturated heterocycles. The van der Waals surface area contributed by atoms with Gasteiger partial charge in [-0.25, -0.2) is 0 Å². The Morgan fingerprint density at radius 1 is 1.29 bits per heavy atom. The summed E-state index contributed by atoms with van der Waals surface area (Å²) in [7, 11) is 0. The Bertz CT molecular complexity index is 553. The first-order valence-electron chi connectivity index (χ1n) is 4.65. The van der Waals surface area contributed by atoms with Crippen LogP contribution in [-0.2, 0) is 4.79 Å². The summed E-state index contributed by atoms with van der Waals surface area (Å²) in [4.78, 5) is 21.6. The normalized spacial score (nSPS) is 16.8. The molecule has 1 aromatic carbocycles. The number of benzene rings is 1. The maximum atomic E-state index is 11.4. The maximum Gasteiger partial charge on any atom is 0.276 e. The third-order valence-corrected chi connectivity index (χ3v) is 2.36. The number of thiocarbonyl (C=S) groups is 1. The molecule has 6 nitrogen and oxygen atoms in total. The van der Waals surface area contributed by atoms with Gasteiger partial charge in [0, 0.05) is 6.07 Å².